The van der Waals surface area contributed by atoms with Gasteiger partial charge < -0.3 is 10.1 Å². The van der Waals surface area contributed by atoms with Gasteiger partial charge >= 0.3 is 12.4 Å². The van der Waals surface area contributed by atoms with Crippen LogP contribution in [0.15, 0.2) is 36.4 Å². The van der Waals surface area contributed by atoms with E-state index in [4.69, 9.17) is 4.74 Å². The smallest absolute Gasteiger partial charge is 0.416 e. The monoisotopic (exact) mass is 361 g/mol. The Morgan fingerprint density at radius 1 is 0.920 bits per heavy atom. The summed E-state index contributed by atoms with van der Waals surface area (Å²) in [6.45, 7) is 0.320. The lowest BCUT2D eigenvalue weighted by Gasteiger charge is -2.15. The van der Waals surface area contributed by atoms with Crippen molar-refractivity contribution >= 4 is 5.69 Å². The third-order valence-corrected chi connectivity index (χ3v) is 3.87. The Balaban J connectivity index is 1.88. The second-order valence-electron chi connectivity index (χ2n) is 5.66. The van der Waals surface area contributed by atoms with E-state index in [2.05, 4.69) is 5.32 Å². The number of alkyl halides is 6. The van der Waals surface area contributed by atoms with Crippen molar-refractivity contribution in [3.63, 3.8) is 0 Å². The first-order chi connectivity index (χ1) is 11.6. The number of hydrogen-bond donors (Lipinski definition) is 1. The molecule has 8 heteroatoms. The van der Waals surface area contributed by atoms with E-state index in [1.54, 1.807) is 12.1 Å². The summed E-state index contributed by atoms with van der Waals surface area (Å²) in [7, 11) is 0. The molecule has 0 saturated carbocycles. The van der Waals surface area contributed by atoms with Gasteiger partial charge in [0.2, 0.25) is 0 Å². The average molecular weight is 361 g/mol. The van der Waals surface area contributed by atoms with Gasteiger partial charge in [-0.05, 0) is 42.3 Å². The lowest BCUT2D eigenvalue weighted by atomic mass is 10.1. The Kier molecular flexibility index (Phi) is 4.30. The molecule has 0 amide bonds. The van der Waals surface area contributed by atoms with Gasteiger partial charge in [-0.15, -0.1) is 0 Å². The first-order valence-electron chi connectivity index (χ1n) is 7.41. The number of hydrogen-bond acceptors (Lipinski definition) is 2. The molecule has 0 aliphatic carbocycles. The summed E-state index contributed by atoms with van der Waals surface area (Å²) in [5.41, 5.74) is -1.16. The molecule has 25 heavy (non-hydrogen) atoms. The highest BCUT2D eigenvalue weighted by Gasteiger charge is 2.36. The third kappa shape index (κ3) is 3.83. The number of halogens is 6. The van der Waals surface area contributed by atoms with E-state index in [-0.39, 0.29) is 18.2 Å². The van der Waals surface area contributed by atoms with Crippen LogP contribution in [0.25, 0.3) is 0 Å². The number of anilines is 1. The summed E-state index contributed by atoms with van der Waals surface area (Å²) in [4.78, 5) is 0. The fourth-order valence-corrected chi connectivity index (χ4v) is 2.71. The maximum absolute atomic E-state index is 12.9. The molecule has 1 heterocycles. The molecule has 2 aromatic rings. The van der Waals surface area contributed by atoms with Gasteiger partial charge in [-0.3, -0.25) is 0 Å². The quantitative estimate of drug-likeness (QED) is 0.752. The summed E-state index contributed by atoms with van der Waals surface area (Å²) in [5, 5.41) is 3.12. The summed E-state index contributed by atoms with van der Waals surface area (Å²) in [6.07, 6.45) is -9.05. The average Bonchev–Trinajstić information content (AvgIpc) is 3.00. The summed E-state index contributed by atoms with van der Waals surface area (Å²) in [5.74, 6) is 0.452. The molecule has 0 spiro atoms. The molecule has 0 aromatic heterocycles. The van der Waals surface area contributed by atoms with Crippen LogP contribution < -0.4 is 10.1 Å². The van der Waals surface area contributed by atoms with Gasteiger partial charge in [-0.25, -0.2) is 0 Å². The zero-order valence-corrected chi connectivity index (χ0v) is 12.8. The van der Waals surface area contributed by atoms with Crippen molar-refractivity contribution in [2.24, 2.45) is 0 Å². The predicted octanol–water partition coefficient (Wildman–Crippen LogP) is 5.27. The summed E-state index contributed by atoms with van der Waals surface area (Å²) >= 11 is 0. The van der Waals surface area contributed by atoms with Crippen LogP contribution in [0, 0.1) is 0 Å². The van der Waals surface area contributed by atoms with Gasteiger partial charge in [-0.2, -0.15) is 26.3 Å². The van der Waals surface area contributed by atoms with E-state index >= 15 is 0 Å². The molecule has 0 radical (unpaired) electrons. The fraction of sp³-hybridized carbons (Fsp3) is 0.294. The van der Waals surface area contributed by atoms with Crippen molar-refractivity contribution in [1.29, 1.82) is 0 Å². The van der Waals surface area contributed by atoms with E-state index in [1.807, 2.05) is 6.07 Å². The minimum atomic E-state index is -4.87. The normalized spacial score (nSPS) is 14.2. The van der Waals surface area contributed by atoms with Crippen LogP contribution in [0.3, 0.4) is 0 Å². The lowest BCUT2D eigenvalue weighted by molar-refractivity contribution is -0.143. The van der Waals surface area contributed by atoms with Crippen LogP contribution in [0.4, 0.5) is 32.0 Å². The molecule has 1 aliphatic rings. The molecule has 134 valence electrons. The molecule has 2 aromatic carbocycles. The lowest BCUT2D eigenvalue weighted by Crippen LogP contribution is -2.12. The maximum Gasteiger partial charge on any atom is 0.416 e. The molecule has 3 rings (SSSR count). The number of benzene rings is 2. The third-order valence-electron chi connectivity index (χ3n) is 3.87. The van der Waals surface area contributed by atoms with Crippen LogP contribution in [0.5, 0.6) is 5.75 Å². The Labute approximate surface area is 139 Å². The van der Waals surface area contributed by atoms with Crippen molar-refractivity contribution in [2.45, 2.75) is 25.4 Å². The zero-order valence-electron chi connectivity index (χ0n) is 12.8. The van der Waals surface area contributed by atoms with Crippen molar-refractivity contribution in [3.8, 4) is 5.75 Å². The second kappa shape index (κ2) is 6.16. The van der Waals surface area contributed by atoms with Gasteiger partial charge in [-0.1, -0.05) is 6.07 Å². The Hall–Kier alpha value is -2.38. The van der Waals surface area contributed by atoms with Gasteiger partial charge in [0.15, 0.2) is 0 Å². The fourth-order valence-electron chi connectivity index (χ4n) is 2.71. The molecule has 0 fully saturated rings. The Morgan fingerprint density at radius 2 is 1.56 bits per heavy atom. The van der Waals surface area contributed by atoms with E-state index in [9.17, 15) is 26.3 Å². The molecule has 0 saturated heterocycles. The summed E-state index contributed by atoms with van der Waals surface area (Å²) in [6, 6.07) is 6.64. The van der Waals surface area contributed by atoms with Crippen LogP contribution in [-0.2, 0) is 25.4 Å². The largest absolute Gasteiger partial charge is 0.489 e. The van der Waals surface area contributed by atoms with Crippen molar-refractivity contribution in [3.05, 3.63) is 58.7 Å². The number of rotatable bonds is 3. The van der Waals surface area contributed by atoms with Crippen molar-refractivity contribution in [2.75, 3.05) is 11.9 Å². The predicted molar refractivity (Wildman–Crippen MR) is 79.4 cm³/mol. The van der Waals surface area contributed by atoms with E-state index < -0.39 is 23.5 Å². The Bertz CT molecular complexity index is 749. The van der Waals surface area contributed by atoms with Crippen LogP contribution in [0.1, 0.15) is 22.3 Å². The second-order valence-corrected chi connectivity index (χ2v) is 5.66. The SMILES string of the molecule is FC(F)(F)c1cc(COc2cccc3c2CCN3)cc(C(F)(F)F)c1. The number of fused-ring (bicyclic) bond motifs is 1. The highest BCUT2D eigenvalue weighted by Crippen LogP contribution is 2.37. The van der Waals surface area contributed by atoms with Gasteiger partial charge in [0, 0.05) is 17.8 Å². The maximum atomic E-state index is 12.9. The summed E-state index contributed by atoms with van der Waals surface area (Å²) < 4.78 is 82.7. The van der Waals surface area contributed by atoms with E-state index in [0.29, 0.717) is 30.8 Å². The van der Waals surface area contributed by atoms with Crippen molar-refractivity contribution < 1.29 is 31.1 Å². The standard InChI is InChI=1S/C17H13F6NO/c18-16(19,20)11-6-10(7-12(8-11)17(21,22)23)9-25-15-3-1-2-14-13(15)4-5-24-14/h1-3,6-8,24H,4-5,9H2. The van der Waals surface area contributed by atoms with E-state index in [0.717, 1.165) is 11.3 Å². The molecule has 2 nitrogen and oxygen atoms in total. The van der Waals surface area contributed by atoms with E-state index in [1.165, 1.54) is 0 Å². The molecular formula is C17H13F6NO. The first-order valence-corrected chi connectivity index (χ1v) is 7.41. The first kappa shape index (κ1) is 17.4. The zero-order chi connectivity index (χ0) is 18.2. The molecule has 0 unspecified atom stereocenters. The molecule has 0 bridgehead atoms. The Morgan fingerprint density at radius 3 is 2.16 bits per heavy atom. The molecular weight excluding hydrogens is 348 g/mol. The topological polar surface area (TPSA) is 21.3 Å². The van der Waals surface area contributed by atoms with Crippen LogP contribution in [-0.4, -0.2) is 6.54 Å². The van der Waals surface area contributed by atoms with Gasteiger partial charge in [0.25, 0.3) is 0 Å². The molecule has 1 aliphatic heterocycles. The molecule has 0 atom stereocenters. The highest BCUT2D eigenvalue weighted by atomic mass is 19.4. The minimum absolute atomic E-state index is 0.105. The highest BCUT2D eigenvalue weighted by molar-refractivity contribution is 5.61. The van der Waals surface area contributed by atoms with Crippen LogP contribution >= 0.6 is 0 Å². The van der Waals surface area contributed by atoms with Crippen molar-refractivity contribution in [1.82, 2.24) is 0 Å². The number of nitrogens with one attached hydrogen (secondary N) is 1. The number of ether oxygens (including phenoxy) is 1. The molecule has 1 N–H and O–H groups in total. The minimum Gasteiger partial charge on any atom is -0.489 e. The van der Waals surface area contributed by atoms with Gasteiger partial charge in [0.05, 0.1) is 11.1 Å². The van der Waals surface area contributed by atoms with Gasteiger partial charge in [0.1, 0.15) is 12.4 Å². The van der Waals surface area contributed by atoms with Crippen LogP contribution in [0.2, 0.25) is 0 Å².